The lowest BCUT2D eigenvalue weighted by Crippen LogP contribution is -2.45. The molecule has 1 amide bonds. The molecule has 2 aromatic carbocycles. The summed E-state index contributed by atoms with van der Waals surface area (Å²) < 4.78 is 13.1. The molecule has 5 nitrogen and oxygen atoms in total. The first-order valence-electron chi connectivity index (χ1n) is 8.63. The van der Waals surface area contributed by atoms with Crippen molar-refractivity contribution in [3.8, 4) is 0 Å². The number of nitrogens with zero attached hydrogens (tertiary/aromatic N) is 1. The van der Waals surface area contributed by atoms with Crippen molar-refractivity contribution in [2.45, 2.75) is 18.9 Å². The molecule has 6 heteroatoms. The minimum Gasteiger partial charge on any atom is -0.481 e. The summed E-state index contributed by atoms with van der Waals surface area (Å²) in [7, 11) is 0. The molecule has 1 saturated heterocycles. The zero-order valence-corrected chi connectivity index (χ0v) is 14.3. The highest BCUT2D eigenvalue weighted by Crippen LogP contribution is 2.28. The van der Waals surface area contributed by atoms with Gasteiger partial charge in [-0.2, -0.15) is 0 Å². The van der Waals surface area contributed by atoms with Gasteiger partial charge in [0, 0.05) is 12.2 Å². The lowest BCUT2D eigenvalue weighted by atomic mass is 9.94. The number of carbonyl (C=O) groups is 2. The van der Waals surface area contributed by atoms with Gasteiger partial charge in [0.25, 0.3) is 0 Å². The number of carboxylic acids is 1. The Hall–Kier alpha value is -2.73. The number of halogens is 1. The number of nitrogens with one attached hydrogen (secondary N) is 1. The maximum Gasteiger partial charge on any atom is 0.307 e. The van der Waals surface area contributed by atoms with Crippen LogP contribution in [0.25, 0.3) is 0 Å². The summed E-state index contributed by atoms with van der Waals surface area (Å²) in [6.45, 7) is 0.978. The highest BCUT2D eigenvalue weighted by Gasteiger charge is 2.34. The molecule has 136 valence electrons. The quantitative estimate of drug-likeness (QED) is 0.862. The van der Waals surface area contributed by atoms with Gasteiger partial charge in [0.05, 0.1) is 5.92 Å². The highest BCUT2D eigenvalue weighted by molar-refractivity contribution is 5.95. The van der Waals surface area contributed by atoms with Gasteiger partial charge in [-0.25, -0.2) is 4.39 Å². The Bertz CT molecular complexity index is 764. The van der Waals surface area contributed by atoms with E-state index < -0.39 is 17.9 Å². The summed E-state index contributed by atoms with van der Waals surface area (Å²) in [6.07, 6.45) is 1.34. The molecular weight excluding hydrogens is 335 g/mol. The van der Waals surface area contributed by atoms with Crippen molar-refractivity contribution in [3.05, 3.63) is 66.0 Å². The van der Waals surface area contributed by atoms with Gasteiger partial charge in [0.15, 0.2) is 0 Å². The molecular formula is C20H21FN2O3. The molecule has 2 unspecified atom stereocenters. The predicted molar refractivity (Wildman–Crippen MR) is 96.1 cm³/mol. The maximum absolute atomic E-state index is 13.1. The third-order valence-corrected chi connectivity index (χ3v) is 4.64. The van der Waals surface area contributed by atoms with E-state index in [0.29, 0.717) is 25.2 Å². The number of aliphatic carboxylic acids is 1. The second kappa shape index (κ2) is 8.10. The Morgan fingerprint density at radius 3 is 2.46 bits per heavy atom. The van der Waals surface area contributed by atoms with E-state index in [1.807, 2.05) is 35.2 Å². The van der Waals surface area contributed by atoms with Crippen molar-refractivity contribution in [1.82, 2.24) is 4.90 Å². The number of hydrogen-bond acceptors (Lipinski definition) is 3. The van der Waals surface area contributed by atoms with Crippen LogP contribution in [0.1, 0.15) is 24.4 Å². The van der Waals surface area contributed by atoms with Crippen LogP contribution in [0.2, 0.25) is 0 Å². The molecule has 1 fully saturated rings. The molecule has 1 heterocycles. The lowest BCUT2D eigenvalue weighted by molar-refractivity contribution is -0.144. The number of rotatable bonds is 5. The van der Waals surface area contributed by atoms with Crippen LogP contribution in [0.3, 0.4) is 0 Å². The first-order chi connectivity index (χ1) is 12.5. The number of carbonyl (C=O) groups excluding carboxylic acids is 1. The molecule has 0 bridgehead atoms. The summed E-state index contributed by atoms with van der Waals surface area (Å²) in [5.74, 6) is -1.94. The predicted octanol–water partition coefficient (Wildman–Crippen LogP) is 3.30. The van der Waals surface area contributed by atoms with Gasteiger partial charge in [-0.05, 0) is 49.2 Å². The minimum absolute atomic E-state index is 0.256. The third kappa shape index (κ3) is 4.26. The monoisotopic (exact) mass is 356 g/mol. The van der Waals surface area contributed by atoms with Crippen molar-refractivity contribution in [2.24, 2.45) is 5.92 Å². The molecule has 0 aromatic heterocycles. The van der Waals surface area contributed by atoms with Gasteiger partial charge in [0.2, 0.25) is 5.91 Å². The van der Waals surface area contributed by atoms with E-state index in [1.54, 1.807) is 0 Å². The summed E-state index contributed by atoms with van der Waals surface area (Å²) in [6, 6.07) is 14.3. The van der Waals surface area contributed by atoms with E-state index in [0.717, 1.165) is 12.0 Å². The number of anilines is 1. The number of piperidine rings is 1. The van der Waals surface area contributed by atoms with E-state index in [-0.39, 0.29) is 11.7 Å². The molecule has 3 rings (SSSR count). The van der Waals surface area contributed by atoms with E-state index in [9.17, 15) is 19.1 Å². The minimum atomic E-state index is -0.833. The topological polar surface area (TPSA) is 69.6 Å². The van der Waals surface area contributed by atoms with Crippen molar-refractivity contribution in [1.29, 1.82) is 0 Å². The molecule has 0 spiro atoms. The van der Waals surface area contributed by atoms with E-state index in [1.165, 1.54) is 24.3 Å². The van der Waals surface area contributed by atoms with Gasteiger partial charge >= 0.3 is 5.97 Å². The molecule has 2 aromatic rings. The molecule has 0 radical (unpaired) electrons. The summed E-state index contributed by atoms with van der Waals surface area (Å²) in [4.78, 5) is 26.3. The van der Waals surface area contributed by atoms with Gasteiger partial charge in [0.1, 0.15) is 11.9 Å². The summed E-state index contributed by atoms with van der Waals surface area (Å²) >= 11 is 0. The maximum atomic E-state index is 13.1. The van der Waals surface area contributed by atoms with Gasteiger partial charge in [-0.15, -0.1) is 0 Å². The fourth-order valence-electron chi connectivity index (χ4n) is 3.35. The first kappa shape index (κ1) is 18.1. The Morgan fingerprint density at radius 1 is 1.12 bits per heavy atom. The van der Waals surface area contributed by atoms with Crippen LogP contribution in [0.15, 0.2) is 54.6 Å². The van der Waals surface area contributed by atoms with Crippen LogP contribution in [0, 0.1) is 11.7 Å². The summed E-state index contributed by atoms with van der Waals surface area (Å²) in [5.41, 5.74) is 1.31. The zero-order chi connectivity index (χ0) is 18.5. The number of amides is 1. The van der Waals surface area contributed by atoms with Crippen molar-refractivity contribution in [2.75, 3.05) is 18.4 Å². The molecule has 2 N–H and O–H groups in total. The molecule has 0 saturated carbocycles. The fraction of sp³-hybridized carbons (Fsp3) is 0.300. The van der Waals surface area contributed by atoms with Crippen molar-refractivity contribution in [3.63, 3.8) is 0 Å². The second-order valence-electron chi connectivity index (χ2n) is 6.48. The highest BCUT2D eigenvalue weighted by atomic mass is 19.1. The molecule has 1 aliphatic rings. The summed E-state index contributed by atoms with van der Waals surface area (Å²) in [5, 5.41) is 12.2. The Balaban J connectivity index is 1.84. The van der Waals surface area contributed by atoms with Crippen molar-refractivity contribution < 1.29 is 19.1 Å². The average Bonchev–Trinajstić information content (AvgIpc) is 2.65. The largest absolute Gasteiger partial charge is 0.481 e. The van der Waals surface area contributed by atoms with Crippen LogP contribution in [0.4, 0.5) is 10.1 Å². The molecule has 1 aliphatic heterocycles. The Kier molecular flexibility index (Phi) is 5.63. The number of hydrogen-bond donors (Lipinski definition) is 2. The Labute approximate surface area is 151 Å². The number of likely N-dealkylation sites (tertiary alicyclic amines) is 1. The normalized spacial score (nSPS) is 18.9. The average molecular weight is 356 g/mol. The molecule has 26 heavy (non-hydrogen) atoms. The second-order valence-corrected chi connectivity index (χ2v) is 6.48. The SMILES string of the molecule is O=C(O)C1CCCN(C(C(=O)Nc2ccc(F)cc2)c2ccccc2)C1. The van der Waals surface area contributed by atoms with Gasteiger partial charge in [-0.1, -0.05) is 30.3 Å². The van der Waals surface area contributed by atoms with Crippen LogP contribution in [-0.2, 0) is 9.59 Å². The van der Waals surface area contributed by atoms with Crippen LogP contribution < -0.4 is 5.32 Å². The standard InChI is InChI=1S/C20H21FN2O3/c21-16-8-10-17(11-9-16)22-19(24)18(14-5-2-1-3-6-14)23-12-4-7-15(13-23)20(25)26/h1-3,5-6,8-11,15,18H,4,7,12-13H2,(H,22,24)(H,25,26). The Morgan fingerprint density at radius 2 is 1.81 bits per heavy atom. The fourth-order valence-corrected chi connectivity index (χ4v) is 3.35. The van der Waals surface area contributed by atoms with E-state index in [4.69, 9.17) is 0 Å². The molecule has 2 atom stereocenters. The van der Waals surface area contributed by atoms with Crippen LogP contribution >= 0.6 is 0 Å². The van der Waals surface area contributed by atoms with Crippen molar-refractivity contribution >= 4 is 17.6 Å². The smallest absolute Gasteiger partial charge is 0.307 e. The van der Waals surface area contributed by atoms with Crippen LogP contribution in [0.5, 0.6) is 0 Å². The number of benzene rings is 2. The third-order valence-electron chi connectivity index (χ3n) is 4.64. The lowest BCUT2D eigenvalue weighted by Gasteiger charge is -2.36. The van der Waals surface area contributed by atoms with E-state index in [2.05, 4.69) is 5.32 Å². The first-order valence-corrected chi connectivity index (χ1v) is 8.63. The van der Waals surface area contributed by atoms with Crippen LogP contribution in [-0.4, -0.2) is 35.0 Å². The zero-order valence-electron chi connectivity index (χ0n) is 14.3. The van der Waals surface area contributed by atoms with Gasteiger partial charge in [-0.3, -0.25) is 14.5 Å². The molecule has 0 aliphatic carbocycles. The van der Waals surface area contributed by atoms with Gasteiger partial charge < -0.3 is 10.4 Å². The number of carboxylic acid groups (broad SMARTS) is 1. The van der Waals surface area contributed by atoms with E-state index >= 15 is 0 Å².